The lowest BCUT2D eigenvalue weighted by Gasteiger charge is -2.21. The Hall–Kier alpha value is -2.17. The molecule has 108 valence electrons. The van der Waals surface area contributed by atoms with Gasteiger partial charge in [-0.1, -0.05) is 0 Å². The van der Waals surface area contributed by atoms with Gasteiger partial charge in [0.05, 0.1) is 18.3 Å². The van der Waals surface area contributed by atoms with Crippen LogP contribution in [0.4, 0.5) is 11.4 Å². The summed E-state index contributed by atoms with van der Waals surface area (Å²) in [6, 6.07) is 5.84. The zero-order valence-electron chi connectivity index (χ0n) is 12.5. The SMILES string of the molecule is CC(C)Oc1cc(N(C)Cc2nccn2C)ccc1N. The van der Waals surface area contributed by atoms with Crippen molar-refractivity contribution in [2.75, 3.05) is 17.7 Å². The van der Waals surface area contributed by atoms with Crippen molar-refractivity contribution < 1.29 is 4.74 Å². The van der Waals surface area contributed by atoms with E-state index in [1.54, 1.807) is 6.20 Å². The zero-order valence-corrected chi connectivity index (χ0v) is 12.5. The van der Waals surface area contributed by atoms with Crippen molar-refractivity contribution in [2.24, 2.45) is 7.05 Å². The first-order valence-corrected chi connectivity index (χ1v) is 6.71. The third-order valence-corrected chi connectivity index (χ3v) is 3.10. The van der Waals surface area contributed by atoms with E-state index in [0.717, 1.165) is 23.8 Å². The Morgan fingerprint density at radius 2 is 2.15 bits per heavy atom. The van der Waals surface area contributed by atoms with Crippen molar-refractivity contribution in [2.45, 2.75) is 26.5 Å². The minimum absolute atomic E-state index is 0.104. The third-order valence-electron chi connectivity index (χ3n) is 3.10. The second-order valence-corrected chi connectivity index (χ2v) is 5.20. The average molecular weight is 274 g/mol. The van der Waals surface area contributed by atoms with E-state index >= 15 is 0 Å². The highest BCUT2D eigenvalue weighted by molar-refractivity contribution is 5.62. The number of nitrogen functional groups attached to an aromatic ring is 1. The average Bonchev–Trinajstić information content (AvgIpc) is 2.77. The van der Waals surface area contributed by atoms with E-state index in [1.807, 2.05) is 56.9 Å². The Morgan fingerprint density at radius 1 is 1.40 bits per heavy atom. The Morgan fingerprint density at radius 3 is 2.75 bits per heavy atom. The molecular formula is C15H22N4O. The van der Waals surface area contributed by atoms with Crippen LogP contribution < -0.4 is 15.4 Å². The lowest BCUT2D eigenvalue weighted by molar-refractivity contribution is 0.244. The van der Waals surface area contributed by atoms with Gasteiger partial charge in [0.1, 0.15) is 11.6 Å². The molecule has 1 aromatic heterocycles. The second kappa shape index (κ2) is 5.86. The fourth-order valence-corrected chi connectivity index (χ4v) is 1.97. The van der Waals surface area contributed by atoms with E-state index in [4.69, 9.17) is 10.5 Å². The summed E-state index contributed by atoms with van der Waals surface area (Å²) in [5, 5.41) is 0. The molecule has 2 N–H and O–H groups in total. The summed E-state index contributed by atoms with van der Waals surface area (Å²) < 4.78 is 7.74. The van der Waals surface area contributed by atoms with Crippen molar-refractivity contribution in [3.8, 4) is 5.75 Å². The maximum Gasteiger partial charge on any atom is 0.144 e. The number of hydrogen-bond acceptors (Lipinski definition) is 4. The molecule has 5 heteroatoms. The fraction of sp³-hybridized carbons (Fsp3) is 0.400. The molecule has 2 rings (SSSR count). The van der Waals surface area contributed by atoms with Crippen molar-refractivity contribution in [1.82, 2.24) is 9.55 Å². The van der Waals surface area contributed by atoms with Crippen molar-refractivity contribution in [1.29, 1.82) is 0 Å². The van der Waals surface area contributed by atoms with Gasteiger partial charge in [0.15, 0.2) is 0 Å². The number of imidazole rings is 1. The molecule has 0 spiro atoms. The quantitative estimate of drug-likeness (QED) is 0.851. The second-order valence-electron chi connectivity index (χ2n) is 5.20. The van der Waals surface area contributed by atoms with Crippen molar-refractivity contribution >= 4 is 11.4 Å². The number of ether oxygens (including phenoxy) is 1. The number of nitrogens with two attached hydrogens (primary N) is 1. The van der Waals surface area contributed by atoms with Crippen molar-refractivity contribution in [3.63, 3.8) is 0 Å². The summed E-state index contributed by atoms with van der Waals surface area (Å²) >= 11 is 0. The molecule has 0 fully saturated rings. The molecule has 5 nitrogen and oxygen atoms in total. The molecule has 20 heavy (non-hydrogen) atoms. The zero-order chi connectivity index (χ0) is 14.7. The van der Waals surface area contributed by atoms with E-state index in [0.29, 0.717) is 5.69 Å². The molecule has 2 aromatic rings. The molecule has 1 heterocycles. The predicted octanol–water partition coefficient (Wildman–Crippen LogP) is 2.43. The van der Waals surface area contributed by atoms with Gasteiger partial charge in [-0.15, -0.1) is 0 Å². The molecule has 0 aliphatic heterocycles. The maximum absolute atomic E-state index is 5.94. The highest BCUT2D eigenvalue weighted by Gasteiger charge is 2.09. The maximum atomic E-state index is 5.94. The summed E-state index contributed by atoms with van der Waals surface area (Å²) in [7, 11) is 4.02. The molecule has 0 aliphatic carbocycles. The van der Waals surface area contributed by atoms with Crippen LogP contribution in [0.15, 0.2) is 30.6 Å². The van der Waals surface area contributed by atoms with Crippen LogP contribution in [-0.2, 0) is 13.6 Å². The lowest BCUT2D eigenvalue weighted by atomic mass is 10.2. The van der Waals surface area contributed by atoms with Gasteiger partial charge in [0.25, 0.3) is 0 Å². The summed E-state index contributed by atoms with van der Waals surface area (Å²) in [5.74, 6) is 1.74. The van der Waals surface area contributed by atoms with Crippen LogP contribution in [0.2, 0.25) is 0 Å². The monoisotopic (exact) mass is 274 g/mol. The van der Waals surface area contributed by atoms with E-state index in [2.05, 4.69) is 9.88 Å². The molecule has 0 unspecified atom stereocenters. The number of hydrogen-bond donors (Lipinski definition) is 1. The molecular weight excluding hydrogens is 252 g/mol. The molecule has 1 aromatic carbocycles. The summed E-state index contributed by atoms with van der Waals surface area (Å²) in [4.78, 5) is 6.45. The highest BCUT2D eigenvalue weighted by Crippen LogP contribution is 2.28. The number of aromatic nitrogens is 2. The van der Waals surface area contributed by atoms with E-state index < -0.39 is 0 Å². The van der Waals surface area contributed by atoms with Gasteiger partial charge in [-0.3, -0.25) is 0 Å². The number of benzene rings is 1. The minimum atomic E-state index is 0.104. The van der Waals surface area contributed by atoms with Crippen LogP contribution in [-0.4, -0.2) is 22.7 Å². The molecule has 0 atom stereocenters. The summed E-state index contributed by atoms with van der Waals surface area (Å²) in [6.45, 7) is 4.71. The molecule has 0 saturated carbocycles. The first kappa shape index (κ1) is 14.2. The third kappa shape index (κ3) is 3.23. The topological polar surface area (TPSA) is 56.3 Å². The van der Waals surface area contributed by atoms with Crippen LogP contribution in [0.3, 0.4) is 0 Å². The van der Waals surface area contributed by atoms with Gasteiger partial charge < -0.3 is 19.9 Å². The smallest absolute Gasteiger partial charge is 0.144 e. The highest BCUT2D eigenvalue weighted by atomic mass is 16.5. The molecule has 0 bridgehead atoms. The van der Waals surface area contributed by atoms with Gasteiger partial charge in [-0.05, 0) is 26.0 Å². The van der Waals surface area contributed by atoms with E-state index in [-0.39, 0.29) is 6.10 Å². The Kier molecular flexibility index (Phi) is 4.17. The van der Waals surface area contributed by atoms with Crippen LogP contribution in [0.5, 0.6) is 5.75 Å². The standard InChI is InChI=1S/C15H22N4O/c1-11(2)20-14-9-12(5-6-13(14)16)19(4)10-15-17-7-8-18(15)3/h5-9,11H,10,16H2,1-4H3. The minimum Gasteiger partial charge on any atom is -0.489 e. The number of rotatable bonds is 5. The Bertz CT molecular complexity index is 577. The van der Waals surface area contributed by atoms with Crippen LogP contribution in [0.1, 0.15) is 19.7 Å². The fourth-order valence-electron chi connectivity index (χ4n) is 1.97. The van der Waals surface area contributed by atoms with Gasteiger partial charge in [-0.25, -0.2) is 4.98 Å². The largest absolute Gasteiger partial charge is 0.489 e. The number of aryl methyl sites for hydroxylation is 1. The molecule has 0 aliphatic rings. The lowest BCUT2D eigenvalue weighted by Crippen LogP contribution is -2.19. The van der Waals surface area contributed by atoms with Gasteiger partial charge >= 0.3 is 0 Å². The number of nitrogens with zero attached hydrogens (tertiary/aromatic N) is 3. The van der Waals surface area contributed by atoms with Gasteiger partial charge in [0, 0.05) is 38.2 Å². The van der Waals surface area contributed by atoms with Crippen LogP contribution in [0, 0.1) is 0 Å². The summed E-state index contributed by atoms with van der Waals surface area (Å²) in [6.07, 6.45) is 3.85. The van der Waals surface area contributed by atoms with Gasteiger partial charge in [0.2, 0.25) is 0 Å². The first-order valence-electron chi connectivity index (χ1n) is 6.71. The molecule has 0 radical (unpaired) electrons. The van der Waals surface area contributed by atoms with E-state index in [9.17, 15) is 0 Å². The summed E-state index contributed by atoms with van der Waals surface area (Å²) in [5.41, 5.74) is 7.65. The molecule has 0 saturated heterocycles. The van der Waals surface area contributed by atoms with Crippen LogP contribution in [0.25, 0.3) is 0 Å². The normalized spacial score (nSPS) is 10.8. The van der Waals surface area contributed by atoms with E-state index in [1.165, 1.54) is 0 Å². The molecule has 0 amide bonds. The number of anilines is 2. The van der Waals surface area contributed by atoms with Crippen molar-refractivity contribution in [3.05, 3.63) is 36.4 Å². The predicted molar refractivity (Wildman–Crippen MR) is 81.9 cm³/mol. The van der Waals surface area contributed by atoms with Gasteiger partial charge in [-0.2, -0.15) is 0 Å². The van der Waals surface area contributed by atoms with Crippen LogP contribution >= 0.6 is 0 Å². The first-order chi connectivity index (χ1) is 9.47. The Balaban J connectivity index is 2.17. The Labute approximate surface area is 120 Å².